The third-order valence-electron chi connectivity index (χ3n) is 9.36. The van der Waals surface area contributed by atoms with Gasteiger partial charge in [-0.2, -0.15) is 0 Å². The van der Waals surface area contributed by atoms with E-state index in [9.17, 15) is 14.0 Å². The van der Waals surface area contributed by atoms with Gasteiger partial charge in [0.05, 0.1) is 20.3 Å². The third-order valence-corrected chi connectivity index (χ3v) is 9.36. The van der Waals surface area contributed by atoms with Crippen LogP contribution in [-0.4, -0.2) is 87.8 Å². The smallest absolute Gasteiger partial charge is 0.251 e. The van der Waals surface area contributed by atoms with Crippen molar-refractivity contribution in [2.45, 2.75) is 50.9 Å². The van der Waals surface area contributed by atoms with Gasteiger partial charge in [-0.1, -0.05) is 25.3 Å². The molecule has 2 aliphatic heterocycles. The first kappa shape index (κ1) is 31.3. The zero-order valence-electron chi connectivity index (χ0n) is 25.5. The summed E-state index contributed by atoms with van der Waals surface area (Å²) in [5.74, 6) is 0.598. The summed E-state index contributed by atoms with van der Waals surface area (Å²) in [5, 5.41) is 6.47. The molecule has 0 bridgehead atoms. The minimum absolute atomic E-state index is 0.0396. The van der Waals surface area contributed by atoms with Gasteiger partial charge >= 0.3 is 0 Å². The highest BCUT2D eigenvalue weighted by Crippen LogP contribution is 2.36. The summed E-state index contributed by atoms with van der Waals surface area (Å²) in [6, 6.07) is 12.0. The molecule has 1 aliphatic carbocycles. The molecule has 2 N–H and O–H groups in total. The number of morpholine rings is 1. The molecular weight excluding hydrogens is 547 g/mol. The molecule has 5 rings (SSSR count). The highest BCUT2D eigenvalue weighted by atomic mass is 19.1. The molecular formula is C34H47FN4O4. The summed E-state index contributed by atoms with van der Waals surface area (Å²) in [6.07, 6.45) is 7.06. The van der Waals surface area contributed by atoms with Crippen molar-refractivity contribution in [3.05, 3.63) is 59.4 Å². The van der Waals surface area contributed by atoms with Crippen molar-refractivity contribution in [3.63, 3.8) is 0 Å². The average Bonchev–Trinajstić information content (AvgIpc) is 3.44. The Morgan fingerprint density at radius 1 is 1.14 bits per heavy atom. The second-order valence-electron chi connectivity index (χ2n) is 12.2. The number of hydrogen-bond acceptors (Lipinski definition) is 6. The monoisotopic (exact) mass is 594 g/mol. The van der Waals surface area contributed by atoms with E-state index >= 15 is 0 Å². The lowest BCUT2D eigenvalue weighted by molar-refractivity contribution is -0.138. The minimum Gasteiger partial charge on any atom is -0.497 e. The van der Waals surface area contributed by atoms with Crippen LogP contribution in [0.25, 0.3) is 0 Å². The Morgan fingerprint density at radius 2 is 1.95 bits per heavy atom. The van der Waals surface area contributed by atoms with E-state index in [-0.39, 0.29) is 29.5 Å². The number of benzene rings is 2. The lowest BCUT2D eigenvalue weighted by Gasteiger charge is -2.35. The Bertz CT molecular complexity index is 1210. The van der Waals surface area contributed by atoms with Crippen molar-refractivity contribution in [3.8, 4) is 5.75 Å². The molecule has 2 aromatic carbocycles. The van der Waals surface area contributed by atoms with E-state index in [0.29, 0.717) is 49.8 Å². The second kappa shape index (κ2) is 15.5. The average molecular weight is 595 g/mol. The molecule has 2 unspecified atom stereocenters. The summed E-state index contributed by atoms with van der Waals surface area (Å²) < 4.78 is 25.0. The summed E-state index contributed by atoms with van der Waals surface area (Å²) in [6.45, 7) is 6.62. The van der Waals surface area contributed by atoms with Gasteiger partial charge in [0.25, 0.3) is 5.91 Å². The lowest BCUT2D eigenvalue weighted by atomic mass is 9.77. The first-order valence-corrected chi connectivity index (χ1v) is 16.1. The van der Waals surface area contributed by atoms with E-state index in [1.807, 2.05) is 6.07 Å². The zero-order chi connectivity index (χ0) is 30.0. The topological polar surface area (TPSA) is 83.1 Å². The molecule has 2 aromatic rings. The lowest BCUT2D eigenvalue weighted by Crippen LogP contribution is -2.45. The number of nitrogens with one attached hydrogen (secondary N) is 2. The van der Waals surface area contributed by atoms with Crippen molar-refractivity contribution in [2.24, 2.45) is 11.8 Å². The van der Waals surface area contributed by atoms with Gasteiger partial charge in [-0.3, -0.25) is 14.5 Å². The molecule has 1 saturated carbocycles. The number of nitrogens with zero attached hydrogens (tertiary/aromatic N) is 2. The number of carbonyl (C=O) groups is 2. The van der Waals surface area contributed by atoms with Crippen LogP contribution in [0.2, 0.25) is 0 Å². The Kier molecular flexibility index (Phi) is 11.3. The first-order chi connectivity index (χ1) is 21.0. The molecule has 1 saturated heterocycles. The predicted molar refractivity (Wildman–Crippen MR) is 166 cm³/mol. The van der Waals surface area contributed by atoms with Crippen LogP contribution in [0.15, 0.2) is 42.5 Å². The molecule has 234 valence electrons. The van der Waals surface area contributed by atoms with Gasteiger partial charge in [0.1, 0.15) is 11.6 Å². The summed E-state index contributed by atoms with van der Waals surface area (Å²) in [4.78, 5) is 31.9. The maximum atomic E-state index is 14.5. The Hall–Kier alpha value is -3.17. The molecule has 0 radical (unpaired) electrons. The standard InChI is InChI=1S/C34H47FN4O4/c1-42-29-10-5-9-26(21-29)33(40)36-14-13-30(25-7-3-2-4-8-25)34(41)39(16-6-15-38-17-19-43-20-18-38)24-27-23-37-32-12-11-28(35)22-31(27)32/h5,9-12,21-22,25,27,30,37H,2-4,6-8,13-20,23-24H2,1H3,(H,36,40). The molecule has 43 heavy (non-hydrogen) atoms. The number of methoxy groups -OCH3 is 1. The summed E-state index contributed by atoms with van der Waals surface area (Å²) >= 11 is 0. The number of halogens is 1. The molecule has 2 heterocycles. The Morgan fingerprint density at radius 3 is 2.74 bits per heavy atom. The summed E-state index contributed by atoms with van der Waals surface area (Å²) in [7, 11) is 1.58. The fraction of sp³-hybridized carbons (Fsp3) is 0.588. The van der Waals surface area contributed by atoms with Crippen LogP contribution in [-0.2, 0) is 9.53 Å². The van der Waals surface area contributed by atoms with Crippen LogP contribution in [0, 0.1) is 17.7 Å². The van der Waals surface area contributed by atoms with Crippen molar-refractivity contribution in [1.82, 2.24) is 15.1 Å². The molecule has 2 amide bonds. The quantitative estimate of drug-likeness (QED) is 0.343. The Balaban J connectivity index is 1.29. The summed E-state index contributed by atoms with van der Waals surface area (Å²) in [5.41, 5.74) is 2.45. The van der Waals surface area contributed by atoms with Crippen molar-refractivity contribution in [2.75, 3.05) is 71.5 Å². The van der Waals surface area contributed by atoms with Gasteiger partial charge < -0.3 is 25.0 Å². The van der Waals surface area contributed by atoms with Gasteiger partial charge in [-0.25, -0.2) is 4.39 Å². The third kappa shape index (κ3) is 8.48. The van der Waals surface area contributed by atoms with E-state index in [1.54, 1.807) is 37.4 Å². The number of fused-ring (bicyclic) bond motifs is 1. The maximum absolute atomic E-state index is 14.5. The van der Waals surface area contributed by atoms with Crippen LogP contribution in [0.3, 0.4) is 0 Å². The Labute approximate surface area is 255 Å². The normalized spacial score (nSPS) is 19.7. The predicted octanol–water partition coefficient (Wildman–Crippen LogP) is 4.91. The van der Waals surface area contributed by atoms with Gasteiger partial charge in [0.15, 0.2) is 0 Å². The maximum Gasteiger partial charge on any atom is 0.251 e. The fourth-order valence-electron chi connectivity index (χ4n) is 6.95. The van der Waals surface area contributed by atoms with Gasteiger partial charge in [0, 0.05) is 68.9 Å². The number of hydrogen-bond donors (Lipinski definition) is 2. The number of carbonyl (C=O) groups excluding carboxylic acids is 2. The second-order valence-corrected chi connectivity index (χ2v) is 12.2. The number of rotatable bonds is 13. The van der Waals surface area contributed by atoms with E-state index < -0.39 is 0 Å². The molecule has 8 nitrogen and oxygen atoms in total. The molecule has 0 aromatic heterocycles. The number of amides is 2. The van der Waals surface area contributed by atoms with Gasteiger partial charge in [0.2, 0.25) is 5.91 Å². The van der Waals surface area contributed by atoms with E-state index in [1.165, 1.54) is 12.5 Å². The highest BCUT2D eigenvalue weighted by Gasteiger charge is 2.34. The van der Waals surface area contributed by atoms with E-state index in [2.05, 4.69) is 20.4 Å². The molecule has 2 atom stereocenters. The van der Waals surface area contributed by atoms with Crippen LogP contribution in [0.1, 0.15) is 66.8 Å². The fourth-order valence-corrected chi connectivity index (χ4v) is 6.95. The highest BCUT2D eigenvalue weighted by molar-refractivity contribution is 5.94. The molecule has 9 heteroatoms. The van der Waals surface area contributed by atoms with Crippen molar-refractivity contribution in [1.29, 1.82) is 0 Å². The van der Waals surface area contributed by atoms with Crippen LogP contribution < -0.4 is 15.4 Å². The number of ether oxygens (including phenoxy) is 2. The SMILES string of the molecule is COc1cccc(C(=O)NCCC(C(=O)N(CCCN2CCOCC2)CC2CNc3ccc(F)cc32)C2CCCCC2)c1. The van der Waals surface area contributed by atoms with Crippen LogP contribution in [0.5, 0.6) is 5.75 Å². The van der Waals surface area contributed by atoms with Gasteiger partial charge in [-0.05, 0) is 73.6 Å². The zero-order valence-corrected chi connectivity index (χ0v) is 25.5. The van der Waals surface area contributed by atoms with Gasteiger partial charge in [-0.15, -0.1) is 0 Å². The van der Waals surface area contributed by atoms with Crippen molar-refractivity contribution < 1.29 is 23.5 Å². The molecule has 2 fully saturated rings. The van der Waals surface area contributed by atoms with Crippen molar-refractivity contribution >= 4 is 17.5 Å². The molecule has 0 spiro atoms. The van der Waals surface area contributed by atoms with Crippen LogP contribution >= 0.6 is 0 Å². The first-order valence-electron chi connectivity index (χ1n) is 16.1. The molecule has 3 aliphatic rings. The number of anilines is 1. The van der Waals surface area contributed by atoms with Crippen LogP contribution in [0.4, 0.5) is 10.1 Å². The van der Waals surface area contributed by atoms with E-state index in [4.69, 9.17) is 9.47 Å². The largest absolute Gasteiger partial charge is 0.497 e. The minimum atomic E-state index is -0.246. The van der Waals surface area contributed by atoms with E-state index in [0.717, 1.165) is 76.2 Å².